The summed E-state index contributed by atoms with van der Waals surface area (Å²) < 4.78 is 2.10. The van der Waals surface area contributed by atoms with Crippen LogP contribution in [-0.4, -0.2) is 26.7 Å². The summed E-state index contributed by atoms with van der Waals surface area (Å²) in [7, 11) is 0. The average Bonchev–Trinajstić information content (AvgIpc) is 2.98. The van der Waals surface area contributed by atoms with Crippen LogP contribution in [0.4, 0.5) is 0 Å². The fourth-order valence-electron chi connectivity index (χ4n) is 2.38. The van der Waals surface area contributed by atoms with Crippen LogP contribution in [0.25, 0.3) is 0 Å². The van der Waals surface area contributed by atoms with Crippen LogP contribution in [0.15, 0.2) is 0 Å². The van der Waals surface area contributed by atoms with Crippen molar-refractivity contribution in [1.82, 2.24) is 20.1 Å². The van der Waals surface area contributed by atoms with E-state index in [9.17, 15) is 4.79 Å². The van der Waals surface area contributed by atoms with Gasteiger partial charge in [0.25, 0.3) is 0 Å². The second-order valence-corrected chi connectivity index (χ2v) is 5.37. The third kappa shape index (κ3) is 2.78. The first-order valence-electron chi connectivity index (χ1n) is 7.02. The molecule has 0 bridgehead atoms. The van der Waals surface area contributed by atoms with Gasteiger partial charge in [-0.25, -0.2) is 0 Å². The highest BCUT2D eigenvalue weighted by molar-refractivity contribution is 5.82. The van der Waals surface area contributed by atoms with Crippen LogP contribution in [0.2, 0.25) is 0 Å². The summed E-state index contributed by atoms with van der Waals surface area (Å²) in [5.41, 5.74) is 5.93. The number of carbonyl (C=O) groups is 1. The van der Waals surface area contributed by atoms with E-state index >= 15 is 0 Å². The van der Waals surface area contributed by atoms with E-state index in [1.54, 1.807) is 0 Å². The van der Waals surface area contributed by atoms with Crippen molar-refractivity contribution in [2.24, 2.45) is 11.7 Å². The summed E-state index contributed by atoms with van der Waals surface area (Å²) in [5.74, 6) is 1.91. The number of hydrogen-bond acceptors (Lipinski definition) is 4. The Kier molecular flexibility index (Phi) is 4.19. The number of aromatic nitrogens is 3. The van der Waals surface area contributed by atoms with Crippen LogP contribution in [0.5, 0.6) is 0 Å². The topological polar surface area (TPSA) is 85.8 Å². The average molecular weight is 265 g/mol. The summed E-state index contributed by atoms with van der Waals surface area (Å²) >= 11 is 0. The lowest BCUT2D eigenvalue weighted by Gasteiger charge is -2.20. The largest absolute Gasteiger partial charge is 0.345 e. The van der Waals surface area contributed by atoms with Crippen molar-refractivity contribution in [2.45, 2.75) is 58.7 Å². The van der Waals surface area contributed by atoms with Crippen LogP contribution in [0.3, 0.4) is 0 Å². The second kappa shape index (κ2) is 5.69. The van der Waals surface area contributed by atoms with Gasteiger partial charge in [-0.2, -0.15) is 0 Å². The van der Waals surface area contributed by atoms with Crippen molar-refractivity contribution in [1.29, 1.82) is 0 Å². The van der Waals surface area contributed by atoms with Crippen molar-refractivity contribution in [3.05, 3.63) is 11.6 Å². The number of carbonyl (C=O) groups excluding carboxylic acids is 1. The highest BCUT2D eigenvalue weighted by atomic mass is 16.2. The van der Waals surface area contributed by atoms with Gasteiger partial charge in [0, 0.05) is 13.0 Å². The Balaban J connectivity index is 2.01. The molecule has 1 aromatic heterocycles. The standard InChI is InChI=1S/C13H23N5O/c1-4-8(2)11(14)13(19)15-9(3)12-17-16-10-6-5-7-18(10)12/h8-9,11H,4-7,14H2,1-3H3,(H,15,19). The molecular weight excluding hydrogens is 242 g/mol. The van der Waals surface area contributed by atoms with Crippen LogP contribution in [-0.2, 0) is 17.8 Å². The summed E-state index contributed by atoms with van der Waals surface area (Å²) in [6.45, 7) is 6.89. The number of nitrogens with two attached hydrogens (primary N) is 1. The maximum absolute atomic E-state index is 12.1. The number of rotatable bonds is 5. The minimum Gasteiger partial charge on any atom is -0.345 e. The zero-order chi connectivity index (χ0) is 14.0. The minimum absolute atomic E-state index is 0.114. The highest BCUT2D eigenvalue weighted by Gasteiger charge is 2.25. The van der Waals surface area contributed by atoms with Gasteiger partial charge in [-0.05, 0) is 19.3 Å². The summed E-state index contributed by atoms with van der Waals surface area (Å²) in [6, 6.07) is -0.615. The zero-order valence-corrected chi connectivity index (χ0v) is 11.9. The molecule has 0 aliphatic carbocycles. The van der Waals surface area contributed by atoms with E-state index in [1.165, 1.54) is 0 Å². The molecule has 2 heterocycles. The summed E-state index contributed by atoms with van der Waals surface area (Å²) in [4.78, 5) is 12.1. The van der Waals surface area contributed by atoms with Gasteiger partial charge in [0.05, 0.1) is 12.1 Å². The fourth-order valence-corrected chi connectivity index (χ4v) is 2.38. The molecule has 2 rings (SSSR count). The van der Waals surface area contributed by atoms with E-state index in [1.807, 2.05) is 20.8 Å². The van der Waals surface area contributed by atoms with Crippen LogP contribution in [0, 0.1) is 5.92 Å². The van der Waals surface area contributed by atoms with Crippen LogP contribution in [0.1, 0.15) is 51.3 Å². The van der Waals surface area contributed by atoms with Crippen molar-refractivity contribution < 1.29 is 4.79 Å². The zero-order valence-electron chi connectivity index (χ0n) is 11.9. The van der Waals surface area contributed by atoms with E-state index in [-0.39, 0.29) is 17.9 Å². The third-order valence-electron chi connectivity index (χ3n) is 3.94. The van der Waals surface area contributed by atoms with Crippen molar-refractivity contribution in [3.8, 4) is 0 Å². The molecular formula is C13H23N5O. The summed E-state index contributed by atoms with van der Waals surface area (Å²) in [6.07, 6.45) is 2.97. The molecule has 1 amide bonds. The van der Waals surface area contributed by atoms with Crippen LogP contribution >= 0.6 is 0 Å². The van der Waals surface area contributed by atoms with Crippen LogP contribution < -0.4 is 11.1 Å². The molecule has 3 N–H and O–H groups in total. The molecule has 0 radical (unpaired) electrons. The first kappa shape index (κ1) is 14.0. The monoisotopic (exact) mass is 265 g/mol. The molecule has 1 aliphatic rings. The van der Waals surface area contributed by atoms with E-state index in [0.29, 0.717) is 0 Å². The molecule has 6 heteroatoms. The Hall–Kier alpha value is -1.43. The fraction of sp³-hybridized carbons (Fsp3) is 0.769. The number of hydrogen-bond donors (Lipinski definition) is 2. The molecule has 0 saturated carbocycles. The Labute approximate surface area is 113 Å². The highest BCUT2D eigenvalue weighted by Crippen LogP contribution is 2.19. The lowest BCUT2D eigenvalue weighted by atomic mass is 9.99. The predicted octanol–water partition coefficient (Wildman–Crippen LogP) is 0.775. The van der Waals surface area contributed by atoms with Gasteiger partial charge < -0.3 is 15.6 Å². The number of fused-ring (bicyclic) bond motifs is 1. The van der Waals surface area contributed by atoms with Gasteiger partial charge in [0.2, 0.25) is 5.91 Å². The molecule has 1 aliphatic heterocycles. The number of nitrogens with zero attached hydrogens (tertiary/aromatic N) is 3. The van der Waals surface area contributed by atoms with E-state index in [2.05, 4.69) is 20.1 Å². The molecule has 0 aromatic carbocycles. The van der Waals surface area contributed by atoms with Gasteiger partial charge in [-0.3, -0.25) is 4.79 Å². The minimum atomic E-state index is -0.464. The summed E-state index contributed by atoms with van der Waals surface area (Å²) in [5, 5.41) is 11.3. The van der Waals surface area contributed by atoms with Gasteiger partial charge in [-0.1, -0.05) is 20.3 Å². The Morgan fingerprint density at radius 2 is 2.21 bits per heavy atom. The van der Waals surface area contributed by atoms with Crippen molar-refractivity contribution in [3.63, 3.8) is 0 Å². The third-order valence-corrected chi connectivity index (χ3v) is 3.94. The van der Waals surface area contributed by atoms with Crippen molar-refractivity contribution >= 4 is 5.91 Å². The van der Waals surface area contributed by atoms with E-state index in [0.717, 1.165) is 37.5 Å². The van der Waals surface area contributed by atoms with Gasteiger partial charge in [0.15, 0.2) is 5.82 Å². The van der Waals surface area contributed by atoms with Gasteiger partial charge in [0.1, 0.15) is 5.82 Å². The molecule has 19 heavy (non-hydrogen) atoms. The molecule has 0 fully saturated rings. The lowest BCUT2D eigenvalue weighted by molar-refractivity contribution is -0.124. The van der Waals surface area contributed by atoms with E-state index < -0.39 is 6.04 Å². The first-order chi connectivity index (χ1) is 9.04. The van der Waals surface area contributed by atoms with Gasteiger partial charge in [-0.15, -0.1) is 10.2 Å². The SMILES string of the molecule is CCC(C)C(N)C(=O)NC(C)c1nnc2n1CCC2. The molecule has 6 nitrogen and oxygen atoms in total. The Morgan fingerprint density at radius 1 is 1.47 bits per heavy atom. The quantitative estimate of drug-likeness (QED) is 0.823. The second-order valence-electron chi connectivity index (χ2n) is 5.37. The smallest absolute Gasteiger partial charge is 0.237 e. The number of aryl methyl sites for hydroxylation is 1. The number of nitrogens with one attached hydrogen (secondary N) is 1. The van der Waals surface area contributed by atoms with Crippen molar-refractivity contribution in [2.75, 3.05) is 0 Å². The van der Waals surface area contributed by atoms with E-state index in [4.69, 9.17) is 5.73 Å². The first-order valence-corrected chi connectivity index (χ1v) is 7.02. The normalized spacial score (nSPS) is 18.7. The molecule has 3 unspecified atom stereocenters. The van der Waals surface area contributed by atoms with Gasteiger partial charge >= 0.3 is 0 Å². The predicted molar refractivity (Wildman–Crippen MR) is 72.3 cm³/mol. The maximum atomic E-state index is 12.1. The lowest BCUT2D eigenvalue weighted by Crippen LogP contribution is -2.45. The molecule has 0 saturated heterocycles. The molecule has 106 valence electrons. The molecule has 3 atom stereocenters. The Morgan fingerprint density at radius 3 is 2.89 bits per heavy atom. The number of amides is 1. The Bertz CT molecular complexity index is 456. The molecule has 0 spiro atoms. The maximum Gasteiger partial charge on any atom is 0.237 e. The molecule has 1 aromatic rings.